The zero-order valence-electron chi connectivity index (χ0n) is 15.6. The van der Waals surface area contributed by atoms with E-state index in [4.69, 9.17) is 4.42 Å². The van der Waals surface area contributed by atoms with Crippen LogP contribution in [-0.4, -0.2) is 41.9 Å². The van der Waals surface area contributed by atoms with E-state index in [0.29, 0.717) is 37.0 Å². The molecule has 2 aromatic heterocycles. The van der Waals surface area contributed by atoms with Crippen molar-refractivity contribution in [3.63, 3.8) is 0 Å². The Hall–Kier alpha value is -2.56. The molecular formula is C19H20N4O4S2. The van der Waals surface area contributed by atoms with Crippen LogP contribution in [0.5, 0.6) is 0 Å². The van der Waals surface area contributed by atoms with Crippen molar-refractivity contribution in [2.45, 2.75) is 30.6 Å². The van der Waals surface area contributed by atoms with Crippen molar-refractivity contribution < 1.29 is 17.6 Å². The van der Waals surface area contributed by atoms with Crippen molar-refractivity contribution in [1.29, 1.82) is 0 Å². The van der Waals surface area contributed by atoms with Crippen LogP contribution in [0.15, 0.2) is 50.4 Å². The number of hydrogen-bond acceptors (Lipinski definition) is 7. The predicted molar refractivity (Wildman–Crippen MR) is 109 cm³/mol. The smallest absolute Gasteiger partial charge is 0.248 e. The molecule has 1 amide bonds. The molecule has 152 valence electrons. The molecule has 1 aliphatic heterocycles. The largest absolute Gasteiger partial charge is 0.421 e. The summed E-state index contributed by atoms with van der Waals surface area (Å²) in [4.78, 5) is 12.4. The average molecular weight is 433 g/mol. The summed E-state index contributed by atoms with van der Waals surface area (Å²) in [5.41, 5.74) is 1.40. The molecule has 1 aromatic carbocycles. The summed E-state index contributed by atoms with van der Waals surface area (Å²) in [6, 6.07) is 8.13. The van der Waals surface area contributed by atoms with Gasteiger partial charge >= 0.3 is 0 Å². The third-order valence-electron chi connectivity index (χ3n) is 4.64. The second kappa shape index (κ2) is 8.44. The average Bonchev–Trinajstić information content (AvgIpc) is 3.49. The van der Waals surface area contributed by atoms with E-state index in [-0.39, 0.29) is 17.2 Å². The quantitative estimate of drug-likeness (QED) is 0.615. The third kappa shape index (κ3) is 4.55. The molecule has 4 rings (SSSR count). The molecular weight excluding hydrogens is 412 g/mol. The molecule has 0 bridgehead atoms. The molecule has 0 unspecified atom stereocenters. The Kier molecular flexibility index (Phi) is 5.74. The summed E-state index contributed by atoms with van der Waals surface area (Å²) in [5, 5.41) is 14.5. The molecule has 8 nitrogen and oxygen atoms in total. The molecule has 0 atom stereocenters. The molecule has 1 aliphatic rings. The minimum Gasteiger partial charge on any atom is -0.421 e. The molecule has 10 heteroatoms. The van der Waals surface area contributed by atoms with Crippen molar-refractivity contribution in [3.8, 4) is 11.5 Å². The second-order valence-electron chi connectivity index (χ2n) is 6.70. The van der Waals surface area contributed by atoms with Gasteiger partial charge in [0.2, 0.25) is 27.7 Å². The van der Waals surface area contributed by atoms with E-state index < -0.39 is 10.0 Å². The highest BCUT2D eigenvalue weighted by Gasteiger charge is 2.26. The van der Waals surface area contributed by atoms with E-state index in [1.165, 1.54) is 16.4 Å². The van der Waals surface area contributed by atoms with Gasteiger partial charge in [-0.15, -0.1) is 10.2 Å². The van der Waals surface area contributed by atoms with Gasteiger partial charge in [-0.1, -0.05) is 0 Å². The van der Waals surface area contributed by atoms with Gasteiger partial charge in [0.05, 0.1) is 4.90 Å². The summed E-state index contributed by atoms with van der Waals surface area (Å²) < 4.78 is 32.1. The van der Waals surface area contributed by atoms with E-state index in [2.05, 4.69) is 15.5 Å². The number of nitrogens with zero attached hydrogens (tertiary/aromatic N) is 3. The summed E-state index contributed by atoms with van der Waals surface area (Å²) in [5.74, 6) is 0.625. The first-order valence-electron chi connectivity index (χ1n) is 9.27. The number of hydrogen-bond donors (Lipinski definition) is 1. The van der Waals surface area contributed by atoms with Crippen LogP contribution in [-0.2, 0) is 21.2 Å². The number of aromatic nitrogens is 2. The molecule has 1 saturated heterocycles. The van der Waals surface area contributed by atoms with E-state index in [0.717, 1.165) is 18.4 Å². The van der Waals surface area contributed by atoms with E-state index in [9.17, 15) is 13.2 Å². The van der Waals surface area contributed by atoms with E-state index >= 15 is 0 Å². The van der Waals surface area contributed by atoms with Crippen LogP contribution in [0.2, 0.25) is 0 Å². The minimum absolute atomic E-state index is 0.180. The molecule has 3 aromatic rings. The number of nitrogens with one attached hydrogen (secondary N) is 1. The van der Waals surface area contributed by atoms with Crippen LogP contribution < -0.4 is 5.32 Å². The van der Waals surface area contributed by atoms with E-state index in [1.54, 1.807) is 23.5 Å². The lowest BCUT2D eigenvalue weighted by Gasteiger charge is -2.15. The highest BCUT2D eigenvalue weighted by atomic mass is 32.2. The van der Waals surface area contributed by atoms with E-state index in [1.807, 2.05) is 16.8 Å². The fourth-order valence-electron chi connectivity index (χ4n) is 3.09. The van der Waals surface area contributed by atoms with Crippen LogP contribution in [0.4, 0.5) is 5.69 Å². The lowest BCUT2D eigenvalue weighted by atomic mass is 10.2. The Bertz CT molecular complexity index is 1070. The third-order valence-corrected chi connectivity index (χ3v) is 7.24. The molecule has 0 radical (unpaired) electrons. The van der Waals surface area contributed by atoms with Crippen LogP contribution >= 0.6 is 11.3 Å². The SMILES string of the molecule is O=C(CCc1nnc(-c2ccsc2)o1)Nc1ccc(S(=O)(=O)N2CCCC2)cc1. The lowest BCUT2D eigenvalue weighted by molar-refractivity contribution is -0.116. The first-order valence-corrected chi connectivity index (χ1v) is 11.7. The number of rotatable bonds is 7. The highest BCUT2D eigenvalue weighted by molar-refractivity contribution is 7.89. The Morgan fingerprint density at radius 3 is 2.59 bits per heavy atom. The Labute approximate surface area is 172 Å². The van der Waals surface area contributed by atoms with Gasteiger partial charge in [-0.2, -0.15) is 15.6 Å². The highest BCUT2D eigenvalue weighted by Crippen LogP contribution is 2.23. The number of thiophene rings is 1. The van der Waals surface area contributed by atoms with Crippen molar-refractivity contribution in [2.24, 2.45) is 0 Å². The number of aryl methyl sites for hydroxylation is 1. The number of benzene rings is 1. The number of anilines is 1. The van der Waals surface area contributed by atoms with Crippen molar-refractivity contribution >= 4 is 33.0 Å². The Morgan fingerprint density at radius 2 is 1.90 bits per heavy atom. The van der Waals surface area contributed by atoms with Gasteiger partial charge in [-0.3, -0.25) is 4.79 Å². The van der Waals surface area contributed by atoms with Crippen molar-refractivity contribution in [3.05, 3.63) is 47.0 Å². The first kappa shape index (κ1) is 19.7. The fraction of sp³-hybridized carbons (Fsp3) is 0.316. The van der Waals surface area contributed by atoms with Gasteiger partial charge in [-0.05, 0) is 48.6 Å². The Balaban J connectivity index is 1.32. The summed E-state index contributed by atoms with van der Waals surface area (Å²) in [6.07, 6.45) is 2.29. The number of carbonyl (C=O) groups excluding carboxylic acids is 1. The summed E-state index contributed by atoms with van der Waals surface area (Å²) in [7, 11) is -3.45. The maximum atomic E-state index is 12.5. The second-order valence-corrected chi connectivity index (χ2v) is 9.41. The van der Waals surface area contributed by atoms with Gasteiger partial charge in [0.25, 0.3) is 0 Å². The van der Waals surface area contributed by atoms with Gasteiger partial charge in [0.15, 0.2) is 0 Å². The minimum atomic E-state index is -3.45. The maximum absolute atomic E-state index is 12.5. The number of sulfonamides is 1. The number of amides is 1. The van der Waals surface area contributed by atoms with Gasteiger partial charge in [0.1, 0.15) is 0 Å². The summed E-state index contributed by atoms with van der Waals surface area (Å²) >= 11 is 1.54. The van der Waals surface area contributed by atoms with Crippen molar-refractivity contribution in [1.82, 2.24) is 14.5 Å². The lowest BCUT2D eigenvalue weighted by Crippen LogP contribution is -2.27. The monoisotopic (exact) mass is 432 g/mol. The zero-order valence-corrected chi connectivity index (χ0v) is 17.2. The molecule has 0 saturated carbocycles. The molecule has 1 N–H and O–H groups in total. The van der Waals surface area contributed by atoms with Gasteiger partial charge < -0.3 is 9.73 Å². The summed E-state index contributed by atoms with van der Waals surface area (Å²) in [6.45, 7) is 1.12. The normalized spacial score (nSPS) is 14.9. The molecule has 1 fully saturated rings. The fourth-order valence-corrected chi connectivity index (χ4v) is 5.24. The van der Waals surface area contributed by atoms with Crippen LogP contribution in [0.3, 0.4) is 0 Å². The molecule has 3 heterocycles. The first-order chi connectivity index (χ1) is 14.0. The van der Waals surface area contributed by atoms with Crippen LogP contribution in [0.25, 0.3) is 11.5 Å². The van der Waals surface area contributed by atoms with Gasteiger partial charge in [0, 0.05) is 42.6 Å². The van der Waals surface area contributed by atoms with Crippen LogP contribution in [0, 0.1) is 0 Å². The topological polar surface area (TPSA) is 105 Å². The van der Waals surface area contributed by atoms with Crippen LogP contribution in [0.1, 0.15) is 25.2 Å². The standard InChI is InChI=1S/C19H20N4O4S2/c24-17(7-8-18-21-22-19(27-18)14-9-12-28-13-14)20-15-3-5-16(6-4-15)29(25,26)23-10-1-2-11-23/h3-6,9,12-13H,1-2,7-8,10-11H2,(H,20,24). The number of carbonyl (C=O) groups is 1. The van der Waals surface area contributed by atoms with Crippen molar-refractivity contribution in [2.75, 3.05) is 18.4 Å². The predicted octanol–water partition coefficient (Wildman–Crippen LogP) is 3.15. The molecule has 29 heavy (non-hydrogen) atoms. The Morgan fingerprint density at radius 1 is 1.14 bits per heavy atom. The molecule has 0 spiro atoms. The molecule has 0 aliphatic carbocycles. The zero-order chi connectivity index (χ0) is 20.3. The maximum Gasteiger partial charge on any atom is 0.248 e. The van der Waals surface area contributed by atoms with Gasteiger partial charge in [-0.25, -0.2) is 8.42 Å².